The minimum atomic E-state index is -0.672. The minimum absolute atomic E-state index is 0.00145. The van der Waals surface area contributed by atoms with Crippen LogP contribution in [0.1, 0.15) is 51.5 Å². The Balaban J connectivity index is 2.44. The van der Waals surface area contributed by atoms with Crippen molar-refractivity contribution < 1.29 is 14.3 Å². The quantitative estimate of drug-likeness (QED) is 0.372. The molecule has 0 bridgehead atoms. The molecule has 0 atom stereocenters. The maximum Gasteiger partial charge on any atom is 0.330 e. The Kier molecular flexibility index (Phi) is 9.78. The van der Waals surface area contributed by atoms with Crippen LogP contribution < -0.4 is 31.4 Å². The molecule has 33 heavy (non-hydrogen) atoms. The van der Waals surface area contributed by atoms with Gasteiger partial charge in [0.05, 0.1) is 14.2 Å². The second-order valence-electron chi connectivity index (χ2n) is 7.64. The first-order chi connectivity index (χ1) is 15.9. The number of amides is 1. The lowest BCUT2D eigenvalue weighted by atomic mass is 10.1. The van der Waals surface area contributed by atoms with Crippen molar-refractivity contribution in [3.05, 3.63) is 50.7 Å². The Morgan fingerprint density at radius 1 is 1.09 bits per heavy atom. The van der Waals surface area contributed by atoms with Crippen LogP contribution in [0.5, 0.6) is 11.5 Å². The van der Waals surface area contributed by atoms with E-state index < -0.39 is 17.2 Å². The first-order valence-electron chi connectivity index (χ1n) is 11.2. The predicted octanol–water partition coefficient (Wildman–Crippen LogP) is 3.17. The molecule has 1 amide bonds. The first kappa shape index (κ1) is 25.8. The molecule has 0 aliphatic heterocycles. The molecule has 0 aliphatic rings. The Morgan fingerprint density at radius 2 is 1.79 bits per heavy atom. The van der Waals surface area contributed by atoms with Crippen LogP contribution in [0.4, 0.5) is 11.5 Å². The van der Waals surface area contributed by atoms with Gasteiger partial charge in [-0.25, -0.2) is 4.79 Å². The van der Waals surface area contributed by atoms with E-state index in [1.165, 1.54) is 22.7 Å². The van der Waals surface area contributed by atoms with Crippen LogP contribution >= 0.6 is 0 Å². The summed E-state index contributed by atoms with van der Waals surface area (Å²) in [7, 11) is 3.08. The van der Waals surface area contributed by atoms with Gasteiger partial charge in [-0.2, -0.15) is 0 Å². The Morgan fingerprint density at radius 3 is 2.42 bits per heavy atom. The normalized spacial score (nSPS) is 11.0. The van der Waals surface area contributed by atoms with E-state index in [0.29, 0.717) is 31.0 Å². The molecule has 1 aromatic carbocycles. The molecule has 0 saturated heterocycles. The molecule has 0 unspecified atom stereocenters. The molecule has 9 nitrogen and oxygen atoms in total. The van der Waals surface area contributed by atoms with Crippen molar-refractivity contribution in [1.29, 1.82) is 0 Å². The van der Waals surface area contributed by atoms with Crippen LogP contribution in [-0.4, -0.2) is 36.2 Å². The average Bonchev–Trinajstić information content (AvgIpc) is 2.81. The Bertz CT molecular complexity index is 1090. The van der Waals surface area contributed by atoms with Crippen LogP contribution in [0.25, 0.3) is 6.08 Å². The highest BCUT2D eigenvalue weighted by Gasteiger charge is 2.22. The number of rotatable bonds is 12. The van der Waals surface area contributed by atoms with Gasteiger partial charge in [-0.15, -0.1) is 0 Å². The highest BCUT2D eigenvalue weighted by Crippen LogP contribution is 2.28. The van der Waals surface area contributed by atoms with Crippen molar-refractivity contribution in [1.82, 2.24) is 9.55 Å². The molecule has 3 N–H and O–H groups in total. The van der Waals surface area contributed by atoms with Gasteiger partial charge in [0.25, 0.3) is 11.5 Å². The van der Waals surface area contributed by atoms with Gasteiger partial charge in [0.1, 0.15) is 5.82 Å². The number of hydrogen-bond donors (Lipinski definition) is 2. The summed E-state index contributed by atoms with van der Waals surface area (Å²) in [6.45, 7) is 4.72. The fourth-order valence-corrected chi connectivity index (χ4v) is 3.44. The molecule has 0 aliphatic carbocycles. The number of aromatic amines is 1. The summed E-state index contributed by atoms with van der Waals surface area (Å²) in [4.78, 5) is 41.8. The number of aromatic nitrogens is 2. The molecule has 1 heterocycles. The van der Waals surface area contributed by atoms with Crippen molar-refractivity contribution >= 4 is 23.5 Å². The van der Waals surface area contributed by atoms with Crippen molar-refractivity contribution in [2.45, 2.75) is 52.5 Å². The number of methoxy groups -OCH3 is 2. The van der Waals surface area contributed by atoms with Gasteiger partial charge in [0, 0.05) is 19.2 Å². The molecule has 9 heteroatoms. The minimum Gasteiger partial charge on any atom is -0.493 e. The van der Waals surface area contributed by atoms with E-state index in [2.05, 4.69) is 11.9 Å². The van der Waals surface area contributed by atoms with E-state index >= 15 is 0 Å². The average molecular weight is 459 g/mol. The molecule has 180 valence electrons. The molecular formula is C24H34N4O5. The lowest BCUT2D eigenvalue weighted by Gasteiger charge is -2.23. The van der Waals surface area contributed by atoms with Crippen LogP contribution in [0.3, 0.4) is 0 Å². The van der Waals surface area contributed by atoms with Crippen LogP contribution in [0.2, 0.25) is 0 Å². The summed E-state index contributed by atoms with van der Waals surface area (Å²) in [5, 5.41) is 0. The number of nitrogen functional groups attached to an aromatic ring is 1. The molecular weight excluding hydrogens is 424 g/mol. The Labute approximate surface area is 193 Å². The van der Waals surface area contributed by atoms with Crippen molar-refractivity contribution in [2.24, 2.45) is 0 Å². The van der Waals surface area contributed by atoms with E-state index in [-0.39, 0.29) is 11.5 Å². The second kappa shape index (κ2) is 12.5. The summed E-state index contributed by atoms with van der Waals surface area (Å²) < 4.78 is 11.9. The van der Waals surface area contributed by atoms with E-state index in [9.17, 15) is 14.4 Å². The molecule has 2 rings (SSSR count). The van der Waals surface area contributed by atoms with Gasteiger partial charge in [-0.1, -0.05) is 39.2 Å². The lowest BCUT2D eigenvalue weighted by Crippen LogP contribution is -2.41. The third kappa shape index (κ3) is 6.50. The number of carbonyl (C=O) groups excluding carboxylic acids is 1. The van der Waals surface area contributed by atoms with Gasteiger partial charge in [0.2, 0.25) is 0 Å². The third-order valence-electron chi connectivity index (χ3n) is 5.30. The van der Waals surface area contributed by atoms with Crippen LogP contribution in [-0.2, 0) is 11.3 Å². The molecule has 0 radical (unpaired) electrons. The topological polar surface area (TPSA) is 120 Å². The smallest absolute Gasteiger partial charge is 0.330 e. The number of ether oxygens (including phenoxy) is 2. The van der Waals surface area contributed by atoms with Gasteiger partial charge in [-0.05, 0) is 36.6 Å². The SMILES string of the molecule is CCCCCN(C(=O)/C=C/c1ccc(OC)c(OC)c1)c1c(N)n(CCCC)c(=O)[nH]c1=O. The number of nitrogens with one attached hydrogen (secondary N) is 1. The molecule has 0 spiro atoms. The summed E-state index contributed by atoms with van der Waals surface area (Å²) in [6, 6.07) is 5.28. The largest absolute Gasteiger partial charge is 0.493 e. The van der Waals surface area contributed by atoms with E-state index in [1.54, 1.807) is 31.4 Å². The zero-order chi connectivity index (χ0) is 24.4. The molecule has 0 saturated carbocycles. The number of carbonyl (C=O) groups is 1. The number of H-pyrrole nitrogens is 1. The van der Waals surface area contributed by atoms with Crippen LogP contribution in [0, 0.1) is 0 Å². The second-order valence-corrected chi connectivity index (χ2v) is 7.64. The van der Waals surface area contributed by atoms with Crippen molar-refractivity contribution in [3.63, 3.8) is 0 Å². The molecule has 1 aromatic heterocycles. The summed E-state index contributed by atoms with van der Waals surface area (Å²) in [5.74, 6) is 0.715. The number of nitrogens with two attached hydrogens (primary N) is 1. The first-order valence-corrected chi connectivity index (χ1v) is 11.2. The highest BCUT2D eigenvalue weighted by molar-refractivity contribution is 6.05. The number of benzene rings is 1. The van der Waals surface area contributed by atoms with E-state index in [0.717, 1.165) is 31.2 Å². The number of nitrogens with zero attached hydrogens (tertiary/aromatic N) is 2. The van der Waals surface area contributed by atoms with Crippen LogP contribution in [0.15, 0.2) is 33.9 Å². The van der Waals surface area contributed by atoms with Gasteiger partial charge in [-0.3, -0.25) is 19.1 Å². The number of hydrogen-bond acceptors (Lipinski definition) is 6. The summed E-state index contributed by atoms with van der Waals surface area (Å²) >= 11 is 0. The molecule has 0 fully saturated rings. The van der Waals surface area contributed by atoms with Crippen molar-refractivity contribution in [3.8, 4) is 11.5 Å². The fraction of sp³-hybridized carbons (Fsp3) is 0.458. The highest BCUT2D eigenvalue weighted by atomic mass is 16.5. The van der Waals surface area contributed by atoms with E-state index in [4.69, 9.17) is 15.2 Å². The van der Waals surface area contributed by atoms with Gasteiger partial charge < -0.3 is 20.1 Å². The lowest BCUT2D eigenvalue weighted by molar-refractivity contribution is -0.114. The monoisotopic (exact) mass is 458 g/mol. The summed E-state index contributed by atoms with van der Waals surface area (Å²) in [5.41, 5.74) is 5.73. The predicted molar refractivity (Wildman–Crippen MR) is 131 cm³/mol. The zero-order valence-electron chi connectivity index (χ0n) is 19.8. The van der Waals surface area contributed by atoms with Gasteiger partial charge in [0.15, 0.2) is 17.2 Å². The van der Waals surface area contributed by atoms with Gasteiger partial charge >= 0.3 is 5.69 Å². The standard InChI is InChI=1S/C24H34N4O5/c1-5-7-9-15-27(21-22(25)28(14-8-6-2)24(31)26-23(21)30)20(29)13-11-17-10-12-18(32-3)19(16-17)33-4/h10-13,16H,5-9,14-15,25H2,1-4H3,(H,26,30,31)/b13-11+. The molecule has 2 aromatic rings. The van der Waals surface area contributed by atoms with Crippen molar-refractivity contribution in [2.75, 3.05) is 31.4 Å². The third-order valence-corrected chi connectivity index (χ3v) is 5.30. The fourth-order valence-electron chi connectivity index (χ4n) is 3.44. The number of anilines is 2. The maximum atomic E-state index is 13.2. The Hall–Kier alpha value is -3.49. The van der Waals surface area contributed by atoms with E-state index in [1.807, 2.05) is 6.92 Å². The summed E-state index contributed by atoms with van der Waals surface area (Å²) in [6.07, 6.45) is 7.12. The maximum absolute atomic E-state index is 13.2. The number of unbranched alkanes of at least 4 members (excludes halogenated alkanes) is 3. The zero-order valence-corrected chi connectivity index (χ0v) is 19.8.